The quantitative estimate of drug-likeness (QED) is 0.140. The van der Waals surface area contributed by atoms with Crippen LogP contribution in [0.1, 0.15) is 98.3 Å². The maximum Gasteiger partial charge on any atom is 0.261 e. The number of benzene rings is 2. The first kappa shape index (κ1) is 27.2. The molecule has 2 atom stereocenters. The summed E-state index contributed by atoms with van der Waals surface area (Å²) in [5.41, 5.74) is 0. The van der Waals surface area contributed by atoms with E-state index >= 15 is 0 Å². The molecule has 2 aromatic rings. The maximum absolute atomic E-state index is 7.40. The van der Waals surface area contributed by atoms with Crippen molar-refractivity contribution in [2.75, 3.05) is 6.61 Å². The summed E-state index contributed by atoms with van der Waals surface area (Å²) in [6.07, 6.45) is 15.2. The molecule has 0 aromatic heterocycles. The third kappa shape index (κ3) is 7.54. The van der Waals surface area contributed by atoms with Crippen molar-refractivity contribution in [3.8, 4) is 0 Å². The van der Waals surface area contributed by atoms with Crippen molar-refractivity contribution in [1.29, 1.82) is 0 Å². The summed E-state index contributed by atoms with van der Waals surface area (Å²) in [6, 6.07) is 22.0. The zero-order chi connectivity index (χ0) is 24.3. The van der Waals surface area contributed by atoms with E-state index in [1.54, 1.807) is 0 Å². The zero-order valence-corrected chi connectivity index (χ0v) is 23.2. The molecule has 0 unspecified atom stereocenters. The Hall–Kier alpha value is -1.42. The van der Waals surface area contributed by atoms with Crippen LogP contribution in [0, 0.1) is 0 Å². The van der Waals surface area contributed by atoms with Crippen molar-refractivity contribution < 1.29 is 9.16 Å². The van der Waals surface area contributed by atoms with Gasteiger partial charge in [-0.15, -0.1) is 0 Å². The smallest absolute Gasteiger partial charge is 0.261 e. The molecule has 0 saturated carbocycles. The Morgan fingerprint density at radius 3 is 1.62 bits per heavy atom. The second-order valence-corrected chi connectivity index (χ2v) is 15.4. The van der Waals surface area contributed by atoms with Gasteiger partial charge in [-0.25, -0.2) is 0 Å². The fourth-order valence-electron chi connectivity index (χ4n) is 5.34. The molecule has 0 spiro atoms. The largest absolute Gasteiger partial charge is 0.402 e. The Balaban J connectivity index is 1.65. The van der Waals surface area contributed by atoms with Crippen molar-refractivity contribution in [3.05, 3.63) is 60.7 Å². The van der Waals surface area contributed by atoms with E-state index in [-0.39, 0.29) is 17.2 Å². The summed E-state index contributed by atoms with van der Waals surface area (Å²) in [6.45, 7) is 10.2. The highest BCUT2D eigenvalue weighted by molar-refractivity contribution is 6.99. The van der Waals surface area contributed by atoms with Gasteiger partial charge >= 0.3 is 0 Å². The minimum Gasteiger partial charge on any atom is -0.402 e. The Morgan fingerprint density at radius 2 is 1.21 bits per heavy atom. The molecule has 2 nitrogen and oxygen atoms in total. The minimum atomic E-state index is -2.51. The van der Waals surface area contributed by atoms with Gasteiger partial charge in [-0.05, 0) is 21.8 Å². The normalized spacial score (nSPS) is 17.0. The van der Waals surface area contributed by atoms with E-state index < -0.39 is 8.32 Å². The first-order valence-corrected chi connectivity index (χ1v) is 15.8. The number of hydrogen-bond donors (Lipinski definition) is 0. The minimum absolute atomic E-state index is 0.0145. The lowest BCUT2D eigenvalue weighted by atomic mass is 10.0. The molecular weight excluding hydrogens is 432 g/mol. The van der Waals surface area contributed by atoms with Crippen LogP contribution in [0.4, 0.5) is 0 Å². The van der Waals surface area contributed by atoms with Crippen LogP contribution in [-0.4, -0.2) is 27.1 Å². The van der Waals surface area contributed by atoms with Crippen LogP contribution in [-0.2, 0) is 9.16 Å². The summed E-state index contributed by atoms with van der Waals surface area (Å²) < 4.78 is 13.2. The number of ether oxygens (including phenoxy) is 1. The second kappa shape index (κ2) is 13.6. The summed E-state index contributed by atoms with van der Waals surface area (Å²) >= 11 is 0. The van der Waals surface area contributed by atoms with E-state index in [0.29, 0.717) is 0 Å². The average molecular weight is 481 g/mol. The topological polar surface area (TPSA) is 21.8 Å². The van der Waals surface area contributed by atoms with Crippen LogP contribution in [0.5, 0.6) is 0 Å². The molecule has 1 saturated heterocycles. The Kier molecular flexibility index (Phi) is 10.9. The molecule has 34 heavy (non-hydrogen) atoms. The van der Waals surface area contributed by atoms with Gasteiger partial charge in [0.25, 0.3) is 8.32 Å². The van der Waals surface area contributed by atoms with Crippen LogP contribution in [0.2, 0.25) is 5.04 Å². The lowest BCUT2D eigenvalue weighted by Gasteiger charge is -2.45. The summed E-state index contributed by atoms with van der Waals surface area (Å²) in [5.74, 6) is 0. The molecule has 0 bridgehead atoms. The predicted octanol–water partition coefficient (Wildman–Crippen LogP) is 7.64. The van der Waals surface area contributed by atoms with Crippen molar-refractivity contribution in [2.45, 2.75) is 116 Å². The molecule has 3 heteroatoms. The SMILES string of the molecule is CCCCCCCCCCCC[C@@H](O[Si](c1ccccc1)(c1ccccc1)C(C)(C)C)[C@H]1CO1. The third-order valence-corrected chi connectivity index (χ3v) is 12.4. The first-order valence-electron chi connectivity index (χ1n) is 13.9. The van der Waals surface area contributed by atoms with Gasteiger partial charge in [0.15, 0.2) is 0 Å². The molecule has 1 aliphatic rings. The van der Waals surface area contributed by atoms with E-state index in [0.717, 1.165) is 13.0 Å². The standard InChI is InChI=1S/C31H48O2Si/c1-5-6-7-8-9-10-11-12-13-20-25-29(30-26-32-30)33-34(31(2,3)4,27-21-16-14-17-22-27)28-23-18-15-19-24-28/h14-19,21-24,29-30H,5-13,20,25-26H2,1-4H3/t29-,30-/m1/s1. The molecule has 1 fully saturated rings. The zero-order valence-electron chi connectivity index (χ0n) is 22.2. The fourth-order valence-corrected chi connectivity index (χ4v) is 10.1. The number of rotatable bonds is 16. The van der Waals surface area contributed by atoms with Gasteiger partial charge in [0.1, 0.15) is 6.10 Å². The summed E-state index contributed by atoms with van der Waals surface area (Å²) in [7, 11) is -2.51. The molecule has 1 aliphatic heterocycles. The van der Waals surface area contributed by atoms with Gasteiger partial charge in [-0.2, -0.15) is 0 Å². The van der Waals surface area contributed by atoms with Gasteiger partial charge in [0, 0.05) is 0 Å². The van der Waals surface area contributed by atoms with Crippen LogP contribution in [0.3, 0.4) is 0 Å². The van der Waals surface area contributed by atoms with Crippen molar-refractivity contribution in [2.24, 2.45) is 0 Å². The van der Waals surface area contributed by atoms with E-state index in [2.05, 4.69) is 88.4 Å². The van der Waals surface area contributed by atoms with Gasteiger partial charge in [-0.1, -0.05) is 153 Å². The van der Waals surface area contributed by atoms with Crippen LogP contribution < -0.4 is 10.4 Å². The number of unbranched alkanes of at least 4 members (excludes halogenated alkanes) is 9. The number of hydrogen-bond acceptors (Lipinski definition) is 2. The molecule has 3 rings (SSSR count). The van der Waals surface area contributed by atoms with E-state index in [4.69, 9.17) is 9.16 Å². The van der Waals surface area contributed by atoms with Gasteiger partial charge in [0.2, 0.25) is 0 Å². The highest BCUT2D eigenvalue weighted by atomic mass is 28.4. The predicted molar refractivity (Wildman–Crippen MR) is 149 cm³/mol. The van der Waals surface area contributed by atoms with Crippen LogP contribution >= 0.6 is 0 Å². The van der Waals surface area contributed by atoms with Gasteiger partial charge in [-0.3, -0.25) is 0 Å². The first-order chi connectivity index (χ1) is 16.5. The van der Waals surface area contributed by atoms with E-state index in [1.165, 1.54) is 74.6 Å². The molecular formula is C31H48O2Si. The Labute approximate surface area is 210 Å². The van der Waals surface area contributed by atoms with Crippen molar-refractivity contribution >= 4 is 18.7 Å². The van der Waals surface area contributed by atoms with Gasteiger partial charge < -0.3 is 9.16 Å². The highest BCUT2D eigenvalue weighted by Gasteiger charge is 2.53. The Morgan fingerprint density at radius 1 is 0.765 bits per heavy atom. The third-order valence-electron chi connectivity index (χ3n) is 7.36. The number of epoxide rings is 1. The second-order valence-electron chi connectivity index (χ2n) is 11.2. The molecule has 0 amide bonds. The average Bonchev–Trinajstić information content (AvgIpc) is 3.68. The summed E-state index contributed by atoms with van der Waals surface area (Å²) in [4.78, 5) is 0. The molecule has 0 N–H and O–H groups in total. The van der Waals surface area contributed by atoms with Crippen molar-refractivity contribution in [3.63, 3.8) is 0 Å². The van der Waals surface area contributed by atoms with Gasteiger partial charge in [0.05, 0.1) is 12.7 Å². The molecule has 1 heterocycles. The maximum atomic E-state index is 7.40. The van der Waals surface area contributed by atoms with Crippen LogP contribution in [0.25, 0.3) is 0 Å². The molecule has 2 aromatic carbocycles. The summed E-state index contributed by atoms with van der Waals surface area (Å²) in [5, 5.41) is 2.74. The van der Waals surface area contributed by atoms with Crippen molar-refractivity contribution in [1.82, 2.24) is 0 Å². The lowest BCUT2D eigenvalue weighted by Crippen LogP contribution is -2.68. The van der Waals surface area contributed by atoms with Crippen LogP contribution in [0.15, 0.2) is 60.7 Å². The monoisotopic (exact) mass is 480 g/mol. The molecule has 0 aliphatic carbocycles. The highest BCUT2D eigenvalue weighted by Crippen LogP contribution is 2.39. The molecule has 188 valence electrons. The van der Waals surface area contributed by atoms with E-state index in [1.807, 2.05) is 0 Å². The molecule has 0 radical (unpaired) electrons. The lowest BCUT2D eigenvalue weighted by molar-refractivity contribution is 0.136. The Bertz CT molecular complexity index is 756. The fraction of sp³-hybridized carbons (Fsp3) is 0.613. The van der Waals surface area contributed by atoms with E-state index in [9.17, 15) is 0 Å².